The normalized spacial score (nSPS) is 10.8. The average Bonchev–Trinajstić information content (AvgIpc) is 2.60. The van der Waals surface area contributed by atoms with Crippen LogP contribution in [-0.4, -0.2) is 16.3 Å². The molecule has 1 aromatic carbocycles. The summed E-state index contributed by atoms with van der Waals surface area (Å²) >= 11 is 15.3. The Morgan fingerprint density at radius 3 is 2.47 bits per heavy atom. The lowest BCUT2D eigenvalue weighted by molar-refractivity contribution is 0.821. The van der Waals surface area contributed by atoms with Gasteiger partial charge >= 0.3 is 0 Å². The van der Waals surface area contributed by atoms with E-state index in [1.807, 2.05) is 6.20 Å². The maximum absolute atomic E-state index is 5.95. The smallest absolute Gasteiger partial charge is 0.0783 e. The zero-order chi connectivity index (χ0) is 12.4. The Labute approximate surface area is 118 Å². The number of benzene rings is 1. The molecule has 0 saturated heterocycles. The summed E-state index contributed by atoms with van der Waals surface area (Å²) in [6.45, 7) is 0.561. The van der Waals surface area contributed by atoms with Crippen LogP contribution < -0.4 is 5.73 Å². The molecule has 1 heterocycles. The first-order valence-corrected chi connectivity index (χ1v) is 6.55. The monoisotopic (exact) mass is 333 g/mol. The van der Waals surface area contributed by atoms with Gasteiger partial charge in [0.15, 0.2) is 0 Å². The number of aromatic nitrogens is 2. The zero-order valence-electron chi connectivity index (χ0n) is 8.83. The predicted octanol–water partition coefficient (Wildman–Crippen LogP) is 3.44. The Bertz CT molecular complexity index is 519. The fourth-order valence-electron chi connectivity index (χ4n) is 1.50. The van der Waals surface area contributed by atoms with Crippen LogP contribution in [0.4, 0.5) is 0 Å². The molecular weight excluding hydrogens is 325 g/mol. The molecule has 0 atom stereocenters. The first kappa shape index (κ1) is 12.9. The Morgan fingerprint density at radius 1 is 1.24 bits per heavy atom. The van der Waals surface area contributed by atoms with Gasteiger partial charge in [-0.2, -0.15) is 5.10 Å². The number of halogens is 3. The van der Waals surface area contributed by atoms with Crippen LogP contribution in [0.1, 0.15) is 5.69 Å². The van der Waals surface area contributed by atoms with Gasteiger partial charge in [-0.3, -0.25) is 0 Å². The largest absolute Gasteiger partial charge is 0.330 e. The van der Waals surface area contributed by atoms with E-state index in [0.717, 1.165) is 22.3 Å². The molecule has 17 heavy (non-hydrogen) atoms. The van der Waals surface area contributed by atoms with Gasteiger partial charge in [0.2, 0.25) is 0 Å². The van der Waals surface area contributed by atoms with Crippen LogP contribution in [0.15, 0.2) is 28.9 Å². The molecule has 0 aliphatic heterocycles. The number of hydrogen-bond acceptors (Lipinski definition) is 2. The first-order valence-electron chi connectivity index (χ1n) is 5.00. The van der Waals surface area contributed by atoms with Gasteiger partial charge in [-0.1, -0.05) is 23.2 Å². The third-order valence-corrected chi connectivity index (χ3v) is 3.33. The Balaban J connectivity index is 2.42. The number of hydrogen-bond donors (Lipinski definition) is 1. The molecule has 1 aromatic heterocycles. The van der Waals surface area contributed by atoms with Crippen LogP contribution in [0.5, 0.6) is 0 Å². The van der Waals surface area contributed by atoms with Crippen LogP contribution in [0.25, 0.3) is 5.69 Å². The molecule has 0 aliphatic carbocycles. The number of rotatable bonds is 3. The van der Waals surface area contributed by atoms with E-state index in [-0.39, 0.29) is 0 Å². The maximum Gasteiger partial charge on any atom is 0.0783 e. The fraction of sp³-hybridized carbons (Fsp3) is 0.182. The molecule has 90 valence electrons. The maximum atomic E-state index is 5.95. The standard InChI is InChI=1S/C11H10BrCl2N3/c12-10-6-17(16-11(10)1-2-15)9-4-7(13)3-8(14)5-9/h3-6H,1-2,15H2. The minimum absolute atomic E-state index is 0.561. The lowest BCUT2D eigenvalue weighted by Crippen LogP contribution is -2.04. The van der Waals surface area contributed by atoms with Crippen molar-refractivity contribution in [3.8, 4) is 5.69 Å². The van der Waals surface area contributed by atoms with E-state index in [9.17, 15) is 0 Å². The second-order valence-electron chi connectivity index (χ2n) is 3.53. The highest BCUT2D eigenvalue weighted by molar-refractivity contribution is 9.10. The van der Waals surface area contributed by atoms with Crippen molar-refractivity contribution in [2.45, 2.75) is 6.42 Å². The van der Waals surface area contributed by atoms with Crippen LogP contribution >= 0.6 is 39.1 Å². The summed E-state index contributed by atoms with van der Waals surface area (Å²) in [4.78, 5) is 0. The van der Waals surface area contributed by atoms with Gasteiger partial charge in [-0.25, -0.2) is 4.68 Å². The predicted molar refractivity (Wildman–Crippen MR) is 74.0 cm³/mol. The number of nitrogens with two attached hydrogens (primary N) is 1. The molecule has 0 radical (unpaired) electrons. The third-order valence-electron chi connectivity index (χ3n) is 2.23. The summed E-state index contributed by atoms with van der Waals surface area (Å²) in [7, 11) is 0. The van der Waals surface area contributed by atoms with E-state index >= 15 is 0 Å². The molecule has 0 spiro atoms. The highest BCUT2D eigenvalue weighted by atomic mass is 79.9. The first-order chi connectivity index (χ1) is 8.10. The van der Waals surface area contributed by atoms with E-state index in [2.05, 4.69) is 21.0 Å². The van der Waals surface area contributed by atoms with Crippen molar-refractivity contribution in [1.82, 2.24) is 9.78 Å². The van der Waals surface area contributed by atoms with Gasteiger partial charge in [0, 0.05) is 22.7 Å². The summed E-state index contributed by atoms with van der Waals surface area (Å²) in [5, 5.41) is 5.59. The van der Waals surface area contributed by atoms with E-state index < -0.39 is 0 Å². The van der Waals surface area contributed by atoms with E-state index in [4.69, 9.17) is 28.9 Å². The van der Waals surface area contributed by atoms with Crippen LogP contribution in [0.2, 0.25) is 10.0 Å². The highest BCUT2D eigenvalue weighted by Crippen LogP contribution is 2.24. The lowest BCUT2D eigenvalue weighted by atomic mass is 10.3. The highest BCUT2D eigenvalue weighted by Gasteiger charge is 2.08. The summed E-state index contributed by atoms with van der Waals surface area (Å²) in [6.07, 6.45) is 2.59. The van der Waals surface area contributed by atoms with Crippen molar-refractivity contribution < 1.29 is 0 Å². The van der Waals surface area contributed by atoms with Gasteiger partial charge in [0.05, 0.1) is 15.9 Å². The Morgan fingerprint density at radius 2 is 1.88 bits per heavy atom. The molecule has 0 bridgehead atoms. The third kappa shape index (κ3) is 3.01. The van der Waals surface area contributed by atoms with Gasteiger partial charge in [-0.15, -0.1) is 0 Å². The van der Waals surface area contributed by atoms with Gasteiger partial charge in [-0.05, 0) is 40.7 Å². The average molecular weight is 335 g/mol. The minimum Gasteiger partial charge on any atom is -0.330 e. The molecule has 0 unspecified atom stereocenters. The Kier molecular flexibility index (Phi) is 4.09. The molecule has 0 amide bonds. The molecule has 0 saturated carbocycles. The molecule has 2 aromatic rings. The van der Waals surface area contributed by atoms with Crippen LogP contribution in [0.3, 0.4) is 0 Å². The summed E-state index contributed by atoms with van der Waals surface area (Å²) < 4.78 is 2.66. The SMILES string of the molecule is NCCc1nn(-c2cc(Cl)cc(Cl)c2)cc1Br. The molecule has 2 N–H and O–H groups in total. The fourth-order valence-corrected chi connectivity index (χ4v) is 2.48. The van der Waals surface area contributed by atoms with Gasteiger partial charge in [0.25, 0.3) is 0 Å². The lowest BCUT2D eigenvalue weighted by Gasteiger charge is -2.02. The Hall–Kier alpha value is -0.550. The van der Waals surface area contributed by atoms with Crippen LogP contribution in [-0.2, 0) is 6.42 Å². The van der Waals surface area contributed by atoms with Crippen molar-refractivity contribution in [2.24, 2.45) is 5.73 Å². The van der Waals surface area contributed by atoms with Crippen LogP contribution in [0, 0.1) is 0 Å². The van der Waals surface area contributed by atoms with Crippen molar-refractivity contribution in [1.29, 1.82) is 0 Å². The summed E-state index contributed by atoms with van der Waals surface area (Å²) in [5.41, 5.74) is 7.26. The van der Waals surface area contributed by atoms with Crippen molar-refractivity contribution >= 4 is 39.1 Å². The molecule has 0 aliphatic rings. The van der Waals surface area contributed by atoms with E-state index in [1.165, 1.54) is 0 Å². The molecule has 3 nitrogen and oxygen atoms in total. The molecule has 6 heteroatoms. The zero-order valence-corrected chi connectivity index (χ0v) is 11.9. The second kappa shape index (κ2) is 5.40. The quantitative estimate of drug-likeness (QED) is 0.934. The van der Waals surface area contributed by atoms with E-state index in [1.54, 1.807) is 22.9 Å². The van der Waals surface area contributed by atoms with Gasteiger partial charge in [0.1, 0.15) is 0 Å². The molecular formula is C11H10BrCl2N3. The van der Waals surface area contributed by atoms with Gasteiger partial charge < -0.3 is 5.73 Å². The summed E-state index contributed by atoms with van der Waals surface area (Å²) in [6, 6.07) is 5.30. The van der Waals surface area contributed by atoms with E-state index in [0.29, 0.717) is 16.6 Å². The van der Waals surface area contributed by atoms with Crippen molar-refractivity contribution in [3.05, 3.63) is 44.6 Å². The number of nitrogens with zero attached hydrogens (tertiary/aromatic N) is 2. The molecule has 2 rings (SSSR count). The second-order valence-corrected chi connectivity index (χ2v) is 5.26. The minimum atomic E-state index is 0.561. The van der Waals surface area contributed by atoms with Crippen molar-refractivity contribution in [3.63, 3.8) is 0 Å². The topological polar surface area (TPSA) is 43.8 Å². The summed E-state index contributed by atoms with van der Waals surface area (Å²) in [5.74, 6) is 0. The molecule has 0 fully saturated rings. The van der Waals surface area contributed by atoms with Crippen molar-refractivity contribution in [2.75, 3.05) is 6.54 Å².